The lowest BCUT2D eigenvalue weighted by molar-refractivity contribution is 0.250. The van der Waals surface area contributed by atoms with Crippen molar-refractivity contribution in [1.29, 1.82) is 0 Å². The zero-order valence-electron chi connectivity index (χ0n) is 7.20. The van der Waals surface area contributed by atoms with Gasteiger partial charge < -0.3 is 11.1 Å². The highest BCUT2D eigenvalue weighted by molar-refractivity contribution is 9.10. The molecule has 1 heterocycles. The van der Waals surface area contributed by atoms with Crippen LogP contribution in [0.25, 0.3) is 0 Å². The second kappa shape index (κ2) is 3.42. The normalized spacial score (nSPS) is 20.5. The molecule has 0 bridgehead atoms. The van der Waals surface area contributed by atoms with Crippen LogP contribution in [0.2, 0.25) is 0 Å². The van der Waals surface area contributed by atoms with Gasteiger partial charge in [-0.1, -0.05) is 28.1 Å². The number of amidine groups is 1. The number of halogens is 1. The average Bonchev–Trinajstić information content (AvgIpc) is 2.47. The van der Waals surface area contributed by atoms with Gasteiger partial charge in [0.15, 0.2) is 0 Å². The van der Waals surface area contributed by atoms with Crippen molar-refractivity contribution in [3.05, 3.63) is 34.3 Å². The fraction of sp³-hybridized carbons (Fsp3) is 0.111. The maximum atomic E-state index is 10.9. The van der Waals surface area contributed by atoms with Crippen LogP contribution in [-0.2, 0) is 0 Å². The lowest BCUT2D eigenvalue weighted by atomic mass is 10.1. The van der Waals surface area contributed by atoms with Crippen LogP contribution in [0.4, 0.5) is 4.79 Å². The summed E-state index contributed by atoms with van der Waals surface area (Å²) in [5.41, 5.74) is 6.53. The Balaban J connectivity index is 2.29. The molecule has 2 amide bonds. The van der Waals surface area contributed by atoms with E-state index in [1.807, 2.05) is 24.3 Å². The summed E-state index contributed by atoms with van der Waals surface area (Å²) in [6, 6.07) is 6.91. The van der Waals surface area contributed by atoms with Crippen molar-refractivity contribution in [1.82, 2.24) is 5.32 Å². The summed E-state index contributed by atoms with van der Waals surface area (Å²) in [5.74, 6) is 0.317. The molecule has 0 saturated heterocycles. The predicted molar refractivity (Wildman–Crippen MR) is 57.0 cm³/mol. The third-order valence-electron chi connectivity index (χ3n) is 2.00. The van der Waals surface area contributed by atoms with E-state index >= 15 is 0 Å². The van der Waals surface area contributed by atoms with Gasteiger partial charge in [0.1, 0.15) is 11.9 Å². The molecule has 0 spiro atoms. The van der Waals surface area contributed by atoms with E-state index in [1.165, 1.54) is 0 Å². The molecule has 0 radical (unpaired) electrons. The van der Waals surface area contributed by atoms with Crippen molar-refractivity contribution >= 4 is 27.8 Å². The first kappa shape index (κ1) is 9.21. The number of aliphatic imine (C=N–C) groups is 1. The topological polar surface area (TPSA) is 67.5 Å². The minimum Gasteiger partial charge on any atom is -0.385 e. The second-order valence-corrected chi connectivity index (χ2v) is 3.89. The van der Waals surface area contributed by atoms with Crippen LogP contribution in [0.5, 0.6) is 0 Å². The van der Waals surface area contributed by atoms with E-state index in [9.17, 15) is 4.79 Å². The molecular formula is C9H8BrN3O. The zero-order chi connectivity index (χ0) is 10.1. The Morgan fingerprint density at radius 2 is 2.00 bits per heavy atom. The van der Waals surface area contributed by atoms with Gasteiger partial charge in [-0.2, -0.15) is 4.99 Å². The first-order valence-corrected chi connectivity index (χ1v) is 4.86. The molecule has 1 aromatic carbocycles. The van der Waals surface area contributed by atoms with Gasteiger partial charge in [0.25, 0.3) is 0 Å². The summed E-state index contributed by atoms with van der Waals surface area (Å²) in [4.78, 5) is 14.5. The molecule has 5 heteroatoms. The van der Waals surface area contributed by atoms with Crippen LogP contribution in [0.1, 0.15) is 11.6 Å². The summed E-state index contributed by atoms with van der Waals surface area (Å²) >= 11 is 3.33. The first-order chi connectivity index (χ1) is 6.66. The van der Waals surface area contributed by atoms with E-state index in [0.717, 1.165) is 10.0 Å². The zero-order valence-corrected chi connectivity index (χ0v) is 8.78. The molecule has 3 N–H and O–H groups in total. The summed E-state index contributed by atoms with van der Waals surface area (Å²) in [6.45, 7) is 0. The quantitative estimate of drug-likeness (QED) is 0.798. The van der Waals surface area contributed by atoms with Gasteiger partial charge in [0.2, 0.25) is 0 Å². The van der Waals surface area contributed by atoms with Crippen LogP contribution < -0.4 is 11.1 Å². The van der Waals surface area contributed by atoms with E-state index in [-0.39, 0.29) is 12.1 Å². The number of nitrogens with zero attached hydrogens (tertiary/aromatic N) is 1. The number of amides is 2. The van der Waals surface area contributed by atoms with Crippen molar-refractivity contribution < 1.29 is 4.79 Å². The number of benzene rings is 1. The molecule has 1 aliphatic heterocycles. The number of carbonyl (C=O) groups is 1. The van der Waals surface area contributed by atoms with Crippen LogP contribution in [0.15, 0.2) is 33.7 Å². The van der Waals surface area contributed by atoms with Gasteiger partial charge >= 0.3 is 6.03 Å². The van der Waals surface area contributed by atoms with Crippen molar-refractivity contribution in [2.45, 2.75) is 6.04 Å². The van der Waals surface area contributed by atoms with E-state index < -0.39 is 0 Å². The minimum atomic E-state index is -0.379. The highest BCUT2D eigenvalue weighted by Crippen LogP contribution is 2.19. The van der Waals surface area contributed by atoms with Crippen LogP contribution in [0, 0.1) is 0 Å². The second-order valence-electron chi connectivity index (χ2n) is 2.97. The molecular weight excluding hydrogens is 246 g/mol. The summed E-state index contributed by atoms with van der Waals surface area (Å²) in [7, 11) is 0. The molecule has 14 heavy (non-hydrogen) atoms. The highest BCUT2D eigenvalue weighted by Gasteiger charge is 2.24. The van der Waals surface area contributed by atoms with Crippen LogP contribution >= 0.6 is 15.9 Å². The Kier molecular flexibility index (Phi) is 2.25. The van der Waals surface area contributed by atoms with Crippen LogP contribution in [-0.4, -0.2) is 11.9 Å². The Labute approximate surface area is 89.3 Å². The van der Waals surface area contributed by atoms with Crippen molar-refractivity contribution in [2.24, 2.45) is 10.7 Å². The fourth-order valence-corrected chi connectivity index (χ4v) is 1.59. The van der Waals surface area contributed by atoms with Gasteiger partial charge in [-0.15, -0.1) is 0 Å². The number of carbonyl (C=O) groups excluding carboxylic acids is 1. The lowest BCUT2D eigenvalue weighted by Crippen LogP contribution is -2.27. The van der Waals surface area contributed by atoms with Gasteiger partial charge in [0, 0.05) is 4.47 Å². The van der Waals surface area contributed by atoms with Crippen molar-refractivity contribution in [3.63, 3.8) is 0 Å². The summed E-state index contributed by atoms with van der Waals surface area (Å²) in [6.07, 6.45) is 0. The Morgan fingerprint density at radius 1 is 1.36 bits per heavy atom. The number of rotatable bonds is 1. The molecule has 1 aromatic rings. The molecule has 0 aromatic heterocycles. The molecule has 0 fully saturated rings. The number of hydrogen-bond acceptors (Lipinski definition) is 2. The van der Waals surface area contributed by atoms with E-state index in [2.05, 4.69) is 26.2 Å². The molecule has 2 rings (SSSR count). The molecule has 1 unspecified atom stereocenters. The number of nitrogens with one attached hydrogen (secondary N) is 1. The molecule has 1 aliphatic rings. The summed E-state index contributed by atoms with van der Waals surface area (Å²) < 4.78 is 0.987. The third kappa shape index (κ3) is 1.63. The lowest BCUT2D eigenvalue weighted by Gasteiger charge is -2.10. The molecule has 0 aliphatic carbocycles. The number of hydrogen-bond donors (Lipinski definition) is 2. The van der Waals surface area contributed by atoms with Crippen molar-refractivity contribution in [2.75, 3.05) is 0 Å². The third-order valence-corrected chi connectivity index (χ3v) is 2.53. The van der Waals surface area contributed by atoms with E-state index in [0.29, 0.717) is 5.84 Å². The SMILES string of the molecule is NC1=NC(=O)NC1c1ccc(Br)cc1. The minimum absolute atomic E-state index is 0.282. The van der Waals surface area contributed by atoms with Gasteiger partial charge in [-0.3, -0.25) is 0 Å². The number of nitrogens with two attached hydrogens (primary N) is 1. The van der Waals surface area contributed by atoms with E-state index in [1.54, 1.807) is 0 Å². The van der Waals surface area contributed by atoms with Gasteiger partial charge in [0.05, 0.1) is 0 Å². The standard InChI is InChI=1S/C9H8BrN3O/c10-6-3-1-5(2-4-6)7-8(11)13-9(14)12-7/h1-4,7H,(H3,11,12,13,14). The summed E-state index contributed by atoms with van der Waals surface area (Å²) in [5, 5.41) is 2.66. The maximum absolute atomic E-state index is 10.9. The fourth-order valence-electron chi connectivity index (χ4n) is 1.32. The smallest absolute Gasteiger partial charge is 0.343 e. The Hall–Kier alpha value is -1.36. The highest BCUT2D eigenvalue weighted by atomic mass is 79.9. The van der Waals surface area contributed by atoms with Crippen molar-refractivity contribution in [3.8, 4) is 0 Å². The molecule has 1 atom stereocenters. The maximum Gasteiger partial charge on any atom is 0.343 e. The van der Waals surface area contributed by atoms with Gasteiger partial charge in [-0.25, -0.2) is 4.79 Å². The molecule has 4 nitrogen and oxygen atoms in total. The first-order valence-electron chi connectivity index (χ1n) is 4.07. The van der Waals surface area contributed by atoms with Crippen LogP contribution in [0.3, 0.4) is 0 Å². The molecule has 72 valence electrons. The average molecular weight is 254 g/mol. The monoisotopic (exact) mass is 253 g/mol. The van der Waals surface area contributed by atoms with Gasteiger partial charge in [-0.05, 0) is 17.7 Å². The largest absolute Gasteiger partial charge is 0.385 e. The molecule has 0 saturated carbocycles. The predicted octanol–water partition coefficient (Wildman–Crippen LogP) is 1.57. The Bertz CT molecular complexity index is 399. The van der Waals surface area contributed by atoms with E-state index in [4.69, 9.17) is 5.73 Å². The Morgan fingerprint density at radius 3 is 2.50 bits per heavy atom. The number of urea groups is 1.